The Morgan fingerprint density at radius 1 is 1.17 bits per heavy atom. The molecule has 1 aliphatic carbocycles. The van der Waals surface area contributed by atoms with Crippen molar-refractivity contribution in [3.05, 3.63) is 18.2 Å². The van der Waals surface area contributed by atoms with Gasteiger partial charge in [0.05, 0.1) is 5.69 Å². The summed E-state index contributed by atoms with van der Waals surface area (Å²) in [6, 6.07) is 4.74. The van der Waals surface area contributed by atoms with Crippen LogP contribution in [0.4, 0.5) is 5.69 Å². The van der Waals surface area contributed by atoms with Crippen molar-refractivity contribution in [1.29, 1.82) is 0 Å². The fraction of sp³-hybridized carbons (Fsp3) is 0.579. The first-order valence-electron chi connectivity index (χ1n) is 8.49. The number of rotatable bonds is 3. The standard InChI is InChI=1S/C19H27NO3S/c1-18(2,3)17(23)24-15-9-8-13(21)12-14(15)20-16(22)19(4)10-6-5-7-11-19/h8-9,12,21H,5-7,10-11H2,1-4H3,(H,20,22). The highest BCUT2D eigenvalue weighted by atomic mass is 32.2. The molecule has 0 heterocycles. The molecule has 0 aliphatic heterocycles. The number of aromatic hydroxyl groups is 1. The molecular weight excluding hydrogens is 322 g/mol. The van der Waals surface area contributed by atoms with Gasteiger partial charge in [0.25, 0.3) is 0 Å². The summed E-state index contributed by atoms with van der Waals surface area (Å²) in [4.78, 5) is 25.7. The zero-order valence-corrected chi connectivity index (χ0v) is 15.8. The van der Waals surface area contributed by atoms with E-state index in [1.807, 2.05) is 27.7 Å². The highest BCUT2D eigenvalue weighted by molar-refractivity contribution is 8.13. The fourth-order valence-electron chi connectivity index (χ4n) is 2.79. The summed E-state index contributed by atoms with van der Waals surface area (Å²) in [5.41, 5.74) is -0.340. The number of benzene rings is 1. The zero-order chi connectivity index (χ0) is 18.0. The second-order valence-corrected chi connectivity index (χ2v) is 8.91. The highest BCUT2D eigenvalue weighted by Crippen LogP contribution is 2.39. The molecule has 4 nitrogen and oxygen atoms in total. The normalized spacial score (nSPS) is 17.3. The number of nitrogens with one attached hydrogen (secondary N) is 1. The van der Waals surface area contributed by atoms with Gasteiger partial charge in [-0.25, -0.2) is 0 Å². The van der Waals surface area contributed by atoms with Crippen LogP contribution >= 0.6 is 11.8 Å². The Labute approximate surface area is 148 Å². The number of carbonyl (C=O) groups excluding carboxylic acids is 2. The zero-order valence-electron chi connectivity index (χ0n) is 14.9. The van der Waals surface area contributed by atoms with E-state index in [-0.39, 0.29) is 22.2 Å². The lowest BCUT2D eigenvalue weighted by atomic mass is 9.75. The van der Waals surface area contributed by atoms with Crippen LogP contribution in [0.1, 0.15) is 59.8 Å². The third kappa shape index (κ3) is 4.53. The van der Waals surface area contributed by atoms with Crippen LogP contribution in [-0.4, -0.2) is 16.1 Å². The van der Waals surface area contributed by atoms with Crippen molar-refractivity contribution in [2.24, 2.45) is 10.8 Å². The van der Waals surface area contributed by atoms with E-state index in [4.69, 9.17) is 0 Å². The van der Waals surface area contributed by atoms with Crippen molar-refractivity contribution in [3.63, 3.8) is 0 Å². The Balaban J connectivity index is 2.21. The van der Waals surface area contributed by atoms with Crippen LogP contribution < -0.4 is 5.32 Å². The molecule has 1 aromatic rings. The van der Waals surface area contributed by atoms with Gasteiger partial charge in [-0.3, -0.25) is 9.59 Å². The minimum Gasteiger partial charge on any atom is -0.508 e. The molecule has 1 saturated carbocycles. The number of phenols is 1. The number of amides is 1. The van der Waals surface area contributed by atoms with E-state index < -0.39 is 5.41 Å². The van der Waals surface area contributed by atoms with Crippen LogP contribution in [0.15, 0.2) is 23.1 Å². The lowest BCUT2D eigenvalue weighted by Crippen LogP contribution is -2.35. The molecule has 1 fully saturated rings. The first-order chi connectivity index (χ1) is 11.1. The topological polar surface area (TPSA) is 66.4 Å². The van der Waals surface area contributed by atoms with Crippen LogP contribution in [0.3, 0.4) is 0 Å². The van der Waals surface area contributed by atoms with Crippen LogP contribution in [0.5, 0.6) is 5.75 Å². The van der Waals surface area contributed by atoms with Gasteiger partial charge in [0.15, 0.2) is 5.12 Å². The smallest absolute Gasteiger partial charge is 0.230 e. The Kier molecular flexibility index (Phi) is 5.63. The molecule has 0 bridgehead atoms. The van der Waals surface area contributed by atoms with Gasteiger partial charge in [-0.2, -0.15) is 0 Å². The van der Waals surface area contributed by atoms with Crippen molar-refractivity contribution in [3.8, 4) is 5.75 Å². The molecule has 1 aliphatic rings. The number of hydrogen-bond donors (Lipinski definition) is 2. The third-order valence-electron chi connectivity index (χ3n) is 4.53. The molecule has 24 heavy (non-hydrogen) atoms. The average molecular weight is 349 g/mol. The maximum absolute atomic E-state index is 12.7. The minimum atomic E-state index is -0.473. The van der Waals surface area contributed by atoms with Gasteiger partial charge in [-0.05, 0) is 36.7 Å². The van der Waals surface area contributed by atoms with E-state index in [1.165, 1.54) is 18.6 Å². The molecule has 0 spiro atoms. The van der Waals surface area contributed by atoms with Crippen molar-refractivity contribution in [2.45, 2.75) is 64.7 Å². The SMILES string of the molecule is CC(C)(C)C(=O)Sc1ccc(O)cc1NC(=O)C1(C)CCCCC1. The van der Waals surface area contributed by atoms with Gasteiger partial charge in [0.2, 0.25) is 5.91 Å². The van der Waals surface area contributed by atoms with E-state index in [9.17, 15) is 14.7 Å². The quantitative estimate of drug-likeness (QED) is 0.756. The summed E-state index contributed by atoms with van der Waals surface area (Å²) >= 11 is 1.11. The summed E-state index contributed by atoms with van der Waals surface area (Å²) in [7, 11) is 0. The highest BCUT2D eigenvalue weighted by Gasteiger charge is 2.35. The molecule has 1 amide bonds. The van der Waals surface area contributed by atoms with Crippen molar-refractivity contribution in [1.82, 2.24) is 0 Å². The molecule has 2 rings (SSSR count). The van der Waals surface area contributed by atoms with Crippen LogP contribution in [0, 0.1) is 10.8 Å². The summed E-state index contributed by atoms with van der Waals surface area (Å²) in [6.07, 6.45) is 5.06. The molecule has 0 radical (unpaired) electrons. The summed E-state index contributed by atoms with van der Waals surface area (Å²) in [5.74, 6) is 0.0458. The van der Waals surface area contributed by atoms with Crippen molar-refractivity contribution < 1.29 is 14.7 Å². The molecule has 0 unspecified atom stereocenters. The molecule has 0 saturated heterocycles. The van der Waals surface area contributed by atoms with Crippen molar-refractivity contribution in [2.75, 3.05) is 5.32 Å². The Morgan fingerprint density at radius 3 is 2.38 bits per heavy atom. The molecule has 5 heteroatoms. The Hall–Kier alpha value is -1.49. The van der Waals surface area contributed by atoms with Gasteiger partial charge in [-0.1, -0.05) is 47.0 Å². The number of thioether (sulfide) groups is 1. The number of hydrogen-bond acceptors (Lipinski definition) is 4. The summed E-state index contributed by atoms with van der Waals surface area (Å²) < 4.78 is 0. The lowest BCUT2D eigenvalue weighted by Gasteiger charge is -2.32. The van der Waals surface area contributed by atoms with E-state index in [0.717, 1.165) is 37.4 Å². The largest absolute Gasteiger partial charge is 0.508 e. The first kappa shape index (κ1) is 18.8. The van der Waals surface area contributed by atoms with E-state index in [2.05, 4.69) is 5.32 Å². The second kappa shape index (κ2) is 7.18. The van der Waals surface area contributed by atoms with Crippen LogP contribution in [0.2, 0.25) is 0 Å². The van der Waals surface area contributed by atoms with Gasteiger partial charge in [0.1, 0.15) is 5.75 Å². The first-order valence-corrected chi connectivity index (χ1v) is 9.30. The van der Waals surface area contributed by atoms with Gasteiger partial charge < -0.3 is 10.4 Å². The fourth-order valence-corrected chi connectivity index (χ4v) is 3.65. The Morgan fingerprint density at radius 2 is 1.79 bits per heavy atom. The minimum absolute atomic E-state index is 0.0209. The van der Waals surface area contributed by atoms with Crippen LogP contribution in [0.25, 0.3) is 0 Å². The number of carbonyl (C=O) groups is 2. The molecular formula is C19H27NO3S. The van der Waals surface area contributed by atoms with Gasteiger partial charge in [-0.15, -0.1) is 0 Å². The number of phenolic OH excluding ortho intramolecular Hbond substituents is 1. The second-order valence-electron chi connectivity index (χ2n) is 7.90. The van der Waals surface area contributed by atoms with E-state index >= 15 is 0 Å². The molecule has 132 valence electrons. The van der Waals surface area contributed by atoms with Crippen LogP contribution in [-0.2, 0) is 9.59 Å². The Bertz CT molecular complexity index is 628. The van der Waals surface area contributed by atoms with Crippen molar-refractivity contribution >= 4 is 28.5 Å². The predicted octanol–water partition coefficient (Wildman–Crippen LogP) is 4.97. The third-order valence-corrected chi connectivity index (χ3v) is 5.91. The molecule has 0 atom stereocenters. The average Bonchev–Trinajstić information content (AvgIpc) is 2.49. The summed E-state index contributed by atoms with van der Waals surface area (Å²) in [6.45, 7) is 7.59. The number of anilines is 1. The summed E-state index contributed by atoms with van der Waals surface area (Å²) in [5, 5.41) is 12.7. The predicted molar refractivity (Wildman–Crippen MR) is 98.2 cm³/mol. The van der Waals surface area contributed by atoms with Gasteiger partial charge in [0, 0.05) is 21.8 Å². The molecule has 0 aromatic heterocycles. The maximum atomic E-state index is 12.7. The van der Waals surface area contributed by atoms with E-state index in [1.54, 1.807) is 6.07 Å². The molecule has 1 aromatic carbocycles. The van der Waals surface area contributed by atoms with Gasteiger partial charge >= 0.3 is 0 Å². The monoisotopic (exact) mass is 349 g/mol. The lowest BCUT2D eigenvalue weighted by molar-refractivity contribution is -0.126. The van der Waals surface area contributed by atoms with E-state index in [0.29, 0.717) is 10.6 Å². The molecule has 2 N–H and O–H groups in total. The maximum Gasteiger partial charge on any atom is 0.230 e.